The van der Waals surface area contributed by atoms with Gasteiger partial charge in [-0.2, -0.15) is 0 Å². The van der Waals surface area contributed by atoms with Crippen LogP contribution >= 0.6 is 7.82 Å². The van der Waals surface area contributed by atoms with Crippen LogP contribution in [-0.2, 0) is 32.7 Å². The molecule has 2 unspecified atom stereocenters. The third-order valence-electron chi connectivity index (χ3n) is 10.4. The zero-order valence-corrected chi connectivity index (χ0v) is 39.6. The van der Waals surface area contributed by atoms with Gasteiger partial charge in [0.25, 0.3) is 0 Å². The minimum Gasteiger partial charge on any atom is -0.462 e. The van der Waals surface area contributed by atoms with Crippen LogP contribution in [0.2, 0.25) is 0 Å². The summed E-state index contributed by atoms with van der Waals surface area (Å²) >= 11 is 0. The fourth-order valence-corrected chi connectivity index (χ4v) is 7.45. The zero-order valence-electron chi connectivity index (χ0n) is 38.7. The van der Waals surface area contributed by atoms with Crippen molar-refractivity contribution in [3.63, 3.8) is 0 Å². The van der Waals surface area contributed by atoms with E-state index in [1.807, 2.05) is 19.0 Å². The van der Waals surface area contributed by atoms with Crippen molar-refractivity contribution in [1.82, 2.24) is 4.90 Å². The Morgan fingerprint density at radius 3 is 1.41 bits per heavy atom. The van der Waals surface area contributed by atoms with Gasteiger partial charge in [0.05, 0.1) is 13.2 Å². The van der Waals surface area contributed by atoms with Crippen molar-refractivity contribution in [3.8, 4) is 0 Å². The molecule has 0 heterocycles. The molecule has 9 nitrogen and oxygen atoms in total. The second kappa shape index (κ2) is 44.3. The molecule has 0 fully saturated rings. The first-order chi connectivity index (χ1) is 28.7. The lowest BCUT2D eigenvalue weighted by Gasteiger charge is -2.20. The van der Waals surface area contributed by atoms with Crippen molar-refractivity contribution >= 4 is 19.8 Å². The van der Waals surface area contributed by atoms with Crippen LogP contribution < -0.4 is 0 Å². The van der Waals surface area contributed by atoms with Gasteiger partial charge < -0.3 is 19.3 Å². The van der Waals surface area contributed by atoms with E-state index in [-0.39, 0.29) is 32.0 Å². The molecule has 0 saturated carbocycles. The molecule has 0 aliphatic heterocycles. The third kappa shape index (κ3) is 45.6. The van der Waals surface area contributed by atoms with E-state index in [1.54, 1.807) is 0 Å². The summed E-state index contributed by atoms with van der Waals surface area (Å²) in [6, 6.07) is 0. The van der Waals surface area contributed by atoms with Crippen molar-refractivity contribution in [2.75, 3.05) is 40.5 Å². The Labute approximate surface area is 363 Å². The van der Waals surface area contributed by atoms with E-state index in [0.717, 1.165) is 44.9 Å². The van der Waals surface area contributed by atoms with Crippen LogP contribution in [0, 0.1) is 0 Å². The Kier molecular flexibility index (Phi) is 43.0. The molecule has 1 N–H and O–H groups in total. The van der Waals surface area contributed by atoms with Gasteiger partial charge in [-0.1, -0.05) is 198 Å². The Hall–Kier alpha value is -1.77. The van der Waals surface area contributed by atoms with Crippen molar-refractivity contribution < 1.29 is 37.6 Å². The normalized spacial score (nSPS) is 13.6. The van der Waals surface area contributed by atoms with Crippen LogP contribution in [0.5, 0.6) is 0 Å². The van der Waals surface area contributed by atoms with Gasteiger partial charge in [0.1, 0.15) is 6.61 Å². The quantitative estimate of drug-likeness (QED) is 0.0277. The summed E-state index contributed by atoms with van der Waals surface area (Å²) in [6.07, 6.45) is 49.2. The molecule has 346 valence electrons. The number of carbonyl (C=O) groups excluding carboxylic acids is 2. The summed E-state index contributed by atoms with van der Waals surface area (Å²) in [4.78, 5) is 37.1. The minimum absolute atomic E-state index is 0.000671. The van der Waals surface area contributed by atoms with E-state index < -0.39 is 26.5 Å². The lowest BCUT2D eigenvalue weighted by atomic mass is 10.0. The first-order valence-electron chi connectivity index (χ1n) is 24.3. The Morgan fingerprint density at radius 1 is 0.525 bits per heavy atom. The van der Waals surface area contributed by atoms with E-state index in [0.29, 0.717) is 13.0 Å². The molecule has 10 heteroatoms. The largest absolute Gasteiger partial charge is 0.472 e. The van der Waals surface area contributed by atoms with Gasteiger partial charge >= 0.3 is 19.8 Å². The minimum atomic E-state index is -4.38. The topological polar surface area (TPSA) is 112 Å². The van der Waals surface area contributed by atoms with Gasteiger partial charge in [-0.25, -0.2) is 4.57 Å². The highest BCUT2D eigenvalue weighted by Crippen LogP contribution is 2.43. The standard InChI is InChI=1S/C49H92NO8P/c1-5-7-9-11-13-15-17-19-21-23-24-26-27-29-31-33-35-37-39-41-48(51)55-45-47(46-57-59(53,54)56-44-43-50(3)4)58-49(52)42-40-38-36-34-32-30-28-25-22-20-18-16-14-12-10-8-6-2/h20,22,28,30,34,36,47H,5-19,21,23-27,29,31-33,35,37-46H2,1-4H3,(H,53,54)/b22-20-,30-28-,36-34-. The van der Waals surface area contributed by atoms with Crippen LogP contribution in [0.15, 0.2) is 36.5 Å². The van der Waals surface area contributed by atoms with E-state index in [2.05, 4.69) is 50.3 Å². The number of likely N-dealkylation sites (N-methyl/N-ethyl adjacent to an activating group) is 1. The van der Waals surface area contributed by atoms with Crippen molar-refractivity contribution in [2.45, 2.75) is 225 Å². The second-order valence-electron chi connectivity index (χ2n) is 16.6. The second-order valence-corrected chi connectivity index (χ2v) is 18.1. The Balaban J connectivity index is 4.27. The molecule has 0 saturated heterocycles. The van der Waals surface area contributed by atoms with E-state index >= 15 is 0 Å². The summed E-state index contributed by atoms with van der Waals surface area (Å²) in [5, 5.41) is 0. The average molecular weight is 854 g/mol. The molecule has 0 aliphatic carbocycles. The number of allylic oxidation sites excluding steroid dienone is 6. The predicted octanol–water partition coefficient (Wildman–Crippen LogP) is 14.3. The number of esters is 2. The lowest BCUT2D eigenvalue weighted by molar-refractivity contribution is -0.161. The number of nitrogens with zero attached hydrogens (tertiary/aromatic N) is 1. The van der Waals surface area contributed by atoms with Crippen molar-refractivity contribution in [2.24, 2.45) is 0 Å². The molecule has 0 aromatic carbocycles. The van der Waals surface area contributed by atoms with E-state index in [4.69, 9.17) is 18.5 Å². The first-order valence-corrected chi connectivity index (χ1v) is 25.8. The van der Waals surface area contributed by atoms with E-state index in [1.165, 1.54) is 141 Å². The molecule has 59 heavy (non-hydrogen) atoms. The molecule has 0 radical (unpaired) electrons. The number of carbonyl (C=O) groups is 2. The number of ether oxygens (including phenoxy) is 2. The Morgan fingerprint density at radius 2 is 0.932 bits per heavy atom. The maximum Gasteiger partial charge on any atom is 0.472 e. The number of rotatable bonds is 45. The fourth-order valence-electron chi connectivity index (χ4n) is 6.70. The number of hydrogen-bond acceptors (Lipinski definition) is 8. The third-order valence-corrected chi connectivity index (χ3v) is 11.4. The van der Waals surface area contributed by atoms with Gasteiger partial charge in [-0.3, -0.25) is 18.6 Å². The van der Waals surface area contributed by atoms with Crippen LogP contribution in [0.1, 0.15) is 219 Å². The molecule has 0 bridgehead atoms. The molecule has 0 aromatic heterocycles. The molecule has 0 spiro atoms. The molecule has 2 atom stereocenters. The van der Waals surface area contributed by atoms with Crippen LogP contribution in [0.25, 0.3) is 0 Å². The predicted molar refractivity (Wildman–Crippen MR) is 248 cm³/mol. The van der Waals surface area contributed by atoms with Crippen molar-refractivity contribution in [3.05, 3.63) is 36.5 Å². The lowest BCUT2D eigenvalue weighted by Crippen LogP contribution is -2.29. The van der Waals surface area contributed by atoms with E-state index in [9.17, 15) is 19.0 Å². The summed E-state index contributed by atoms with van der Waals surface area (Å²) in [5.74, 6) is -0.855. The monoisotopic (exact) mass is 854 g/mol. The molecule has 0 aliphatic rings. The smallest absolute Gasteiger partial charge is 0.462 e. The number of hydrogen-bond donors (Lipinski definition) is 1. The van der Waals surface area contributed by atoms with Gasteiger partial charge in [0, 0.05) is 19.4 Å². The highest BCUT2D eigenvalue weighted by Gasteiger charge is 2.26. The molecule has 0 aromatic rings. The van der Waals surface area contributed by atoms with Crippen molar-refractivity contribution in [1.29, 1.82) is 0 Å². The van der Waals surface area contributed by atoms with Crippen LogP contribution in [-0.4, -0.2) is 68.3 Å². The van der Waals surface area contributed by atoms with Gasteiger partial charge in [-0.15, -0.1) is 0 Å². The van der Waals surface area contributed by atoms with Gasteiger partial charge in [0.15, 0.2) is 6.10 Å². The number of phosphoric acid groups is 1. The highest BCUT2D eigenvalue weighted by molar-refractivity contribution is 7.47. The first kappa shape index (κ1) is 57.2. The average Bonchev–Trinajstić information content (AvgIpc) is 3.20. The number of unbranched alkanes of at least 4 members (excludes halogenated alkanes) is 25. The number of phosphoric ester groups is 1. The summed E-state index contributed by atoms with van der Waals surface area (Å²) in [7, 11) is -0.732. The molecule has 0 rings (SSSR count). The summed E-state index contributed by atoms with van der Waals surface area (Å²) < 4.78 is 33.5. The van der Waals surface area contributed by atoms with Gasteiger partial charge in [0.2, 0.25) is 0 Å². The molecular weight excluding hydrogens is 762 g/mol. The SMILES string of the molecule is CCCCCCCC/C=C\C/C=C\C/C=C\CCCC(=O)OC(COC(=O)CCCCCCCCCCCCCCCCCCCCC)COP(=O)(O)OCCN(C)C. The highest BCUT2D eigenvalue weighted by atomic mass is 31.2. The summed E-state index contributed by atoms with van der Waals surface area (Å²) in [6.45, 7) is 4.29. The van der Waals surface area contributed by atoms with Gasteiger partial charge in [-0.05, 0) is 59.0 Å². The fraction of sp³-hybridized carbons (Fsp3) is 0.837. The Bertz CT molecular complexity index is 1080. The molecule has 0 amide bonds. The zero-order chi connectivity index (χ0) is 43.3. The maximum atomic E-state index is 12.7. The van der Waals surface area contributed by atoms with Crippen LogP contribution in [0.4, 0.5) is 0 Å². The molecular formula is C49H92NO8P. The summed E-state index contributed by atoms with van der Waals surface area (Å²) in [5.41, 5.74) is 0. The maximum absolute atomic E-state index is 12.7. The van der Waals surface area contributed by atoms with Crippen LogP contribution in [0.3, 0.4) is 0 Å².